The van der Waals surface area contributed by atoms with Gasteiger partial charge in [-0.15, -0.1) is 0 Å². The van der Waals surface area contributed by atoms with Crippen molar-refractivity contribution in [2.75, 3.05) is 13.2 Å². The van der Waals surface area contributed by atoms with Gasteiger partial charge in [-0.3, -0.25) is 0 Å². The van der Waals surface area contributed by atoms with Gasteiger partial charge in [-0.05, 0) is 60.0 Å². The Hall–Kier alpha value is -4.03. The van der Waals surface area contributed by atoms with Gasteiger partial charge in [-0.1, -0.05) is 51.2 Å². The van der Waals surface area contributed by atoms with Crippen molar-refractivity contribution in [1.29, 1.82) is 0 Å². The second-order valence-electron chi connectivity index (χ2n) is 11.6. The molecule has 0 bridgehead atoms. The lowest BCUT2D eigenvalue weighted by Gasteiger charge is -2.30. The highest BCUT2D eigenvalue weighted by Gasteiger charge is 2.41. The molecule has 1 fully saturated rings. The predicted molar refractivity (Wildman–Crippen MR) is 159 cm³/mol. The van der Waals surface area contributed by atoms with Crippen LogP contribution in [0.2, 0.25) is 0 Å². The van der Waals surface area contributed by atoms with Crippen LogP contribution in [0.25, 0.3) is 22.3 Å². The lowest BCUT2D eigenvalue weighted by Crippen LogP contribution is -2.27. The summed E-state index contributed by atoms with van der Waals surface area (Å²) in [6.07, 6.45) is 1.16. The fraction of sp³-hybridized carbons (Fsp3) is 0.333. The molecule has 0 unspecified atom stereocenters. The van der Waals surface area contributed by atoms with Crippen molar-refractivity contribution < 1.29 is 53.7 Å². The van der Waals surface area contributed by atoms with Gasteiger partial charge in [0.2, 0.25) is 0 Å². The van der Waals surface area contributed by atoms with E-state index in [2.05, 4.69) is 11.7 Å². The van der Waals surface area contributed by atoms with Crippen LogP contribution >= 0.6 is 0 Å². The summed E-state index contributed by atoms with van der Waals surface area (Å²) in [5, 5.41) is 0. The van der Waals surface area contributed by atoms with Crippen LogP contribution in [0.3, 0.4) is 0 Å². The Morgan fingerprint density at radius 3 is 1.75 bits per heavy atom. The number of halogens is 9. The molecule has 0 amide bonds. The zero-order valence-corrected chi connectivity index (χ0v) is 25.7. The molecule has 48 heavy (non-hydrogen) atoms. The van der Waals surface area contributed by atoms with Crippen molar-refractivity contribution in [2.24, 2.45) is 5.92 Å². The molecule has 1 aliphatic heterocycles. The average molecular weight is 683 g/mol. The summed E-state index contributed by atoms with van der Waals surface area (Å²) in [4.78, 5) is 0. The van der Waals surface area contributed by atoms with Gasteiger partial charge in [-0.2, -0.15) is 8.78 Å². The molecule has 4 aromatic carbocycles. The molecule has 3 nitrogen and oxygen atoms in total. The number of alkyl halides is 2. The quantitative estimate of drug-likeness (QED) is 0.0846. The lowest BCUT2D eigenvalue weighted by atomic mass is 9.99. The molecule has 0 N–H and O–H groups in total. The van der Waals surface area contributed by atoms with Crippen LogP contribution in [0, 0.1) is 46.6 Å². The third-order valence-electron chi connectivity index (χ3n) is 8.07. The Morgan fingerprint density at radius 1 is 0.646 bits per heavy atom. The van der Waals surface area contributed by atoms with E-state index < -0.39 is 75.6 Å². The monoisotopic (exact) mass is 682 g/mol. The fourth-order valence-corrected chi connectivity index (χ4v) is 5.56. The zero-order valence-electron chi connectivity index (χ0n) is 25.7. The number of unbranched alkanes of at least 4 members (excludes halogenated alkanes) is 4. The molecule has 1 aliphatic rings. The van der Waals surface area contributed by atoms with Gasteiger partial charge in [0.05, 0.1) is 13.2 Å². The van der Waals surface area contributed by atoms with Crippen LogP contribution in [0.15, 0.2) is 60.7 Å². The van der Waals surface area contributed by atoms with Crippen molar-refractivity contribution in [3.05, 3.63) is 113 Å². The van der Waals surface area contributed by atoms with E-state index in [1.165, 1.54) is 25.0 Å². The van der Waals surface area contributed by atoms with Crippen LogP contribution in [0.5, 0.6) is 5.75 Å². The first kappa shape index (κ1) is 35.3. The third kappa shape index (κ3) is 7.98. The lowest BCUT2D eigenvalue weighted by molar-refractivity contribution is -0.206. The van der Waals surface area contributed by atoms with E-state index in [4.69, 9.17) is 9.47 Å². The molecule has 0 spiro atoms. The molecular weight excluding hydrogens is 651 g/mol. The van der Waals surface area contributed by atoms with Crippen molar-refractivity contribution in [3.63, 3.8) is 0 Å². The average Bonchev–Trinajstić information content (AvgIpc) is 3.03. The van der Waals surface area contributed by atoms with Crippen molar-refractivity contribution >= 4 is 0 Å². The molecule has 1 heterocycles. The number of hydrogen-bond acceptors (Lipinski definition) is 3. The van der Waals surface area contributed by atoms with E-state index in [0.29, 0.717) is 49.1 Å². The SMILES string of the molecule is CCCCCCCC1COC(c2ccc(-c3cc(F)c(C(F)(F)Oc4ccc(-c5cc(F)c(F)c(F)c5)c(F)c4)c(F)c3)c(F)c2)OC1. The number of rotatable bonds is 12. The minimum Gasteiger partial charge on any atom is -0.429 e. The van der Waals surface area contributed by atoms with Gasteiger partial charge in [0, 0.05) is 28.7 Å². The van der Waals surface area contributed by atoms with E-state index in [1.54, 1.807) is 0 Å². The van der Waals surface area contributed by atoms with Crippen molar-refractivity contribution in [1.82, 2.24) is 0 Å². The summed E-state index contributed by atoms with van der Waals surface area (Å²) in [5.74, 6) is -11.4. The van der Waals surface area contributed by atoms with Crippen molar-refractivity contribution in [2.45, 2.75) is 57.8 Å². The highest BCUT2D eigenvalue weighted by Crippen LogP contribution is 2.39. The van der Waals surface area contributed by atoms with E-state index in [-0.39, 0.29) is 17.0 Å². The summed E-state index contributed by atoms with van der Waals surface area (Å²) >= 11 is 0. The first-order chi connectivity index (χ1) is 22.9. The van der Waals surface area contributed by atoms with Crippen molar-refractivity contribution in [3.8, 4) is 28.0 Å². The van der Waals surface area contributed by atoms with Crippen LogP contribution in [-0.4, -0.2) is 13.2 Å². The van der Waals surface area contributed by atoms with Crippen LogP contribution in [0.4, 0.5) is 39.5 Å². The minimum absolute atomic E-state index is 0.218. The maximum Gasteiger partial charge on any atom is 0.432 e. The Balaban J connectivity index is 1.27. The summed E-state index contributed by atoms with van der Waals surface area (Å²) < 4.78 is 146. The van der Waals surface area contributed by atoms with Crippen LogP contribution in [-0.2, 0) is 15.6 Å². The number of benzene rings is 4. The fourth-order valence-electron chi connectivity index (χ4n) is 5.56. The molecule has 0 aromatic heterocycles. The maximum absolute atomic E-state index is 15.2. The van der Waals surface area contributed by atoms with Gasteiger partial charge in [0.1, 0.15) is 34.6 Å². The molecule has 0 radical (unpaired) electrons. The van der Waals surface area contributed by atoms with Gasteiger partial charge in [0.25, 0.3) is 0 Å². The highest BCUT2D eigenvalue weighted by atomic mass is 19.3. The van der Waals surface area contributed by atoms with Crippen LogP contribution in [0.1, 0.15) is 62.9 Å². The Morgan fingerprint density at radius 2 is 1.19 bits per heavy atom. The maximum atomic E-state index is 15.2. The highest BCUT2D eigenvalue weighted by molar-refractivity contribution is 5.66. The summed E-state index contributed by atoms with van der Waals surface area (Å²) in [6, 6.07) is 7.74. The first-order valence-electron chi connectivity index (χ1n) is 15.4. The Labute approximate surface area is 271 Å². The summed E-state index contributed by atoms with van der Waals surface area (Å²) in [5.41, 5.74) is -3.07. The number of hydrogen-bond donors (Lipinski definition) is 0. The molecule has 1 saturated heterocycles. The molecule has 0 saturated carbocycles. The summed E-state index contributed by atoms with van der Waals surface area (Å²) in [7, 11) is 0. The van der Waals surface area contributed by atoms with Gasteiger partial charge >= 0.3 is 6.11 Å². The molecule has 4 aromatic rings. The smallest absolute Gasteiger partial charge is 0.429 e. The van der Waals surface area contributed by atoms with Gasteiger partial charge in [0.15, 0.2) is 23.7 Å². The molecular formula is C36H31F9O3. The van der Waals surface area contributed by atoms with Gasteiger partial charge < -0.3 is 14.2 Å². The third-order valence-corrected chi connectivity index (χ3v) is 8.07. The first-order valence-corrected chi connectivity index (χ1v) is 15.4. The second-order valence-corrected chi connectivity index (χ2v) is 11.6. The summed E-state index contributed by atoms with van der Waals surface area (Å²) in [6.45, 7) is 3.01. The van der Waals surface area contributed by atoms with E-state index in [9.17, 15) is 17.6 Å². The molecule has 5 rings (SSSR count). The number of ether oxygens (including phenoxy) is 3. The van der Waals surface area contributed by atoms with Crippen LogP contribution < -0.4 is 4.74 Å². The van der Waals surface area contributed by atoms with E-state index >= 15 is 22.0 Å². The minimum atomic E-state index is -4.68. The molecule has 0 aliphatic carbocycles. The van der Waals surface area contributed by atoms with Gasteiger partial charge in [-0.25, -0.2) is 30.7 Å². The normalized spacial score (nSPS) is 16.7. The largest absolute Gasteiger partial charge is 0.432 e. The molecule has 12 heteroatoms. The van der Waals surface area contributed by atoms with E-state index in [0.717, 1.165) is 43.9 Å². The molecule has 0 atom stereocenters. The Kier molecular flexibility index (Phi) is 11.0. The predicted octanol–water partition coefficient (Wildman–Crippen LogP) is 11.1. The second kappa shape index (κ2) is 15.0. The molecule has 256 valence electrons. The standard InChI is InChI=1S/C36H31F9O3/c1-2-3-4-5-6-7-20-18-46-35(47-19-20)21-8-10-25(27(37)12-21)22-13-29(39)33(30(40)14-22)36(44,45)48-24-9-11-26(28(38)17-24)23-15-31(41)34(43)32(42)16-23/h8-17,20,35H,2-7,18-19H2,1H3. The zero-order chi connectivity index (χ0) is 34.6. The Bertz CT molecular complexity index is 1710. The topological polar surface area (TPSA) is 27.7 Å². The van der Waals surface area contributed by atoms with E-state index in [1.807, 2.05) is 0 Å².